The van der Waals surface area contributed by atoms with Crippen molar-refractivity contribution in [2.45, 2.75) is 94.7 Å². The smallest absolute Gasteiger partial charge is 0.342 e. The van der Waals surface area contributed by atoms with E-state index < -0.39 is 48.0 Å². The predicted octanol–water partition coefficient (Wildman–Crippen LogP) is 4.49. The Kier molecular flexibility index (Phi) is 12.2. The van der Waals surface area contributed by atoms with Crippen LogP contribution >= 0.6 is 0 Å². The number of hydrogen-bond donors (Lipinski definition) is 3. The minimum absolute atomic E-state index is 0.0129. The fourth-order valence-corrected chi connectivity index (χ4v) is 10.4. The van der Waals surface area contributed by atoms with Gasteiger partial charge in [-0.15, -0.1) is 0 Å². The number of ether oxygens (including phenoxy) is 1. The van der Waals surface area contributed by atoms with Gasteiger partial charge in [-0.3, -0.25) is 39.0 Å². The van der Waals surface area contributed by atoms with Crippen LogP contribution in [0.1, 0.15) is 102 Å². The van der Waals surface area contributed by atoms with Gasteiger partial charge in [0, 0.05) is 57.3 Å². The van der Waals surface area contributed by atoms with Crippen LogP contribution in [0.3, 0.4) is 0 Å². The largest absolute Gasteiger partial charge is 0.495 e. The number of aromatic nitrogens is 2. The van der Waals surface area contributed by atoms with E-state index in [1.165, 1.54) is 20.4 Å². The van der Waals surface area contributed by atoms with Gasteiger partial charge < -0.3 is 35.0 Å². The summed E-state index contributed by atoms with van der Waals surface area (Å²) >= 11 is 0. The lowest BCUT2D eigenvalue weighted by molar-refractivity contribution is -0.140. The van der Waals surface area contributed by atoms with Crippen molar-refractivity contribution in [2.75, 3.05) is 73.4 Å². The molecule has 5 aliphatic heterocycles. The first kappa shape index (κ1) is 44.0. The van der Waals surface area contributed by atoms with Crippen molar-refractivity contribution in [3.05, 3.63) is 59.3 Å². The molecule has 6 aliphatic rings. The van der Waals surface area contributed by atoms with E-state index in [2.05, 4.69) is 35.7 Å². The van der Waals surface area contributed by atoms with Crippen molar-refractivity contribution in [1.29, 1.82) is 0 Å². The number of likely N-dealkylation sites (tertiary alicyclic amines) is 1. The SMILES string of the molecule is COc1cc(C(=O)NC2CCN(CCC3CCCN(c4cccc5c4C(=O)N(C4CCC(=O)NC4=O)C5=O)C3)CC2)ccc1Nc1ncc2c(n1)N(C1CCCC1)CC(F)(F)C(=O)N2C. The van der Waals surface area contributed by atoms with Crippen LogP contribution in [0.4, 0.5) is 37.6 Å². The molecule has 344 valence electrons. The maximum absolute atomic E-state index is 15.1. The zero-order chi connectivity index (χ0) is 45.6. The number of nitrogens with zero attached hydrogens (tertiary/aromatic N) is 7. The van der Waals surface area contributed by atoms with Crippen LogP contribution in [0.15, 0.2) is 42.6 Å². The zero-order valence-corrected chi connectivity index (χ0v) is 36.6. The summed E-state index contributed by atoms with van der Waals surface area (Å²) < 4.78 is 35.8. The summed E-state index contributed by atoms with van der Waals surface area (Å²) in [5.41, 5.74) is 2.41. The molecular weight excluding hydrogens is 843 g/mol. The Balaban J connectivity index is 0.775. The molecule has 6 heterocycles. The highest BCUT2D eigenvalue weighted by molar-refractivity contribution is 6.25. The Morgan fingerprint density at radius 3 is 2.48 bits per heavy atom. The lowest BCUT2D eigenvalue weighted by Gasteiger charge is -2.37. The van der Waals surface area contributed by atoms with Gasteiger partial charge in [-0.05, 0) is 94.2 Å². The van der Waals surface area contributed by atoms with Gasteiger partial charge in [-0.25, -0.2) is 4.98 Å². The van der Waals surface area contributed by atoms with Crippen molar-refractivity contribution >= 4 is 64.3 Å². The second-order valence-corrected chi connectivity index (χ2v) is 18.1. The topological polar surface area (TPSA) is 190 Å². The number of piperidine rings is 3. The number of carbonyl (C=O) groups is 6. The van der Waals surface area contributed by atoms with Crippen LogP contribution in [0.5, 0.6) is 5.75 Å². The van der Waals surface area contributed by atoms with Gasteiger partial charge in [0.05, 0.1) is 42.4 Å². The third kappa shape index (κ3) is 8.69. The number of fused-ring (bicyclic) bond motifs is 2. The lowest BCUT2D eigenvalue weighted by Crippen LogP contribution is -2.54. The van der Waals surface area contributed by atoms with E-state index in [1.54, 1.807) is 35.2 Å². The number of carbonyl (C=O) groups excluding carboxylic acids is 6. The maximum Gasteiger partial charge on any atom is 0.342 e. The summed E-state index contributed by atoms with van der Waals surface area (Å²) in [6, 6.07) is 9.08. The zero-order valence-electron chi connectivity index (χ0n) is 36.6. The van der Waals surface area contributed by atoms with Crippen molar-refractivity contribution in [2.24, 2.45) is 5.92 Å². The Labute approximate surface area is 375 Å². The molecular formula is C46H54F2N10O7. The molecule has 9 rings (SSSR count). The van der Waals surface area contributed by atoms with Crippen LogP contribution in [0.2, 0.25) is 0 Å². The molecule has 1 aromatic heterocycles. The predicted molar refractivity (Wildman–Crippen MR) is 236 cm³/mol. The number of nitrogens with one attached hydrogen (secondary N) is 3. The molecule has 0 radical (unpaired) electrons. The summed E-state index contributed by atoms with van der Waals surface area (Å²) in [5.74, 6) is -6.02. The second kappa shape index (κ2) is 18.0. The molecule has 19 heteroatoms. The minimum Gasteiger partial charge on any atom is -0.495 e. The van der Waals surface area contributed by atoms with Gasteiger partial charge in [0.2, 0.25) is 17.8 Å². The minimum atomic E-state index is -3.59. The Bertz CT molecular complexity index is 2400. The Hall–Kier alpha value is -6.24. The van der Waals surface area contributed by atoms with Gasteiger partial charge in [-0.1, -0.05) is 18.9 Å². The van der Waals surface area contributed by atoms with Gasteiger partial charge in [0.1, 0.15) is 17.5 Å². The van der Waals surface area contributed by atoms with Crippen molar-refractivity contribution < 1.29 is 42.3 Å². The van der Waals surface area contributed by atoms with Crippen LogP contribution < -0.4 is 35.4 Å². The number of halogens is 2. The molecule has 65 heavy (non-hydrogen) atoms. The molecule has 17 nitrogen and oxygen atoms in total. The molecule has 2 atom stereocenters. The number of amides is 6. The van der Waals surface area contributed by atoms with Crippen molar-refractivity contribution in [3.8, 4) is 5.75 Å². The maximum atomic E-state index is 15.1. The Morgan fingerprint density at radius 1 is 0.938 bits per heavy atom. The molecule has 4 fully saturated rings. The highest BCUT2D eigenvalue weighted by atomic mass is 19.3. The Morgan fingerprint density at radius 2 is 1.72 bits per heavy atom. The summed E-state index contributed by atoms with van der Waals surface area (Å²) in [6.45, 7) is 3.27. The first-order valence-electron chi connectivity index (χ1n) is 22.7. The number of hydrogen-bond acceptors (Lipinski definition) is 13. The van der Waals surface area contributed by atoms with E-state index in [0.29, 0.717) is 34.2 Å². The molecule has 3 aromatic rings. The molecule has 0 spiro atoms. The number of methoxy groups -OCH3 is 1. The third-order valence-corrected chi connectivity index (χ3v) is 13.9. The molecule has 2 unspecified atom stereocenters. The van der Waals surface area contributed by atoms with Gasteiger partial charge in [0.25, 0.3) is 23.6 Å². The van der Waals surface area contributed by atoms with Crippen LogP contribution in [-0.4, -0.2) is 133 Å². The van der Waals surface area contributed by atoms with Crippen LogP contribution in [0, 0.1) is 5.92 Å². The van der Waals surface area contributed by atoms with E-state index in [1.807, 2.05) is 6.07 Å². The van der Waals surface area contributed by atoms with E-state index in [4.69, 9.17) is 4.74 Å². The molecule has 0 bridgehead atoms. The highest BCUT2D eigenvalue weighted by Gasteiger charge is 2.49. The lowest BCUT2D eigenvalue weighted by atomic mass is 9.92. The quantitative estimate of drug-likeness (QED) is 0.229. The van der Waals surface area contributed by atoms with E-state index >= 15 is 8.78 Å². The van der Waals surface area contributed by atoms with E-state index in [9.17, 15) is 28.8 Å². The second-order valence-electron chi connectivity index (χ2n) is 18.1. The summed E-state index contributed by atoms with van der Waals surface area (Å²) in [5, 5.41) is 8.57. The van der Waals surface area contributed by atoms with Gasteiger partial charge in [0.15, 0.2) is 5.82 Å². The fourth-order valence-electron chi connectivity index (χ4n) is 10.4. The summed E-state index contributed by atoms with van der Waals surface area (Å²) in [4.78, 5) is 94.8. The molecule has 2 aromatic carbocycles. The van der Waals surface area contributed by atoms with Gasteiger partial charge >= 0.3 is 5.92 Å². The number of rotatable bonds is 11. The molecule has 3 saturated heterocycles. The summed E-state index contributed by atoms with van der Waals surface area (Å²) in [6.07, 6.45) is 9.35. The normalized spacial score (nSPS) is 23.0. The first-order chi connectivity index (χ1) is 31.3. The number of anilines is 5. The van der Waals surface area contributed by atoms with Crippen LogP contribution in [-0.2, 0) is 14.4 Å². The molecule has 3 N–H and O–H groups in total. The van der Waals surface area contributed by atoms with E-state index in [0.717, 1.165) is 100 Å². The van der Waals surface area contributed by atoms with Crippen molar-refractivity contribution in [3.63, 3.8) is 0 Å². The van der Waals surface area contributed by atoms with Crippen molar-refractivity contribution in [1.82, 2.24) is 30.4 Å². The number of benzene rings is 2. The van der Waals surface area contributed by atoms with Crippen LogP contribution in [0.25, 0.3) is 0 Å². The molecule has 1 aliphatic carbocycles. The first-order valence-corrected chi connectivity index (χ1v) is 22.7. The van der Waals surface area contributed by atoms with E-state index in [-0.39, 0.29) is 53.8 Å². The number of imide groups is 2. The molecule has 6 amide bonds. The standard InChI is InChI=1S/C46H54F2N10O7/c1-54-35-24-49-45(53-39(35)57(30-8-3-4-9-30)26-46(47,48)44(54)64)51-32-13-12-28(23-36(32)65-2)40(60)50-29-17-21-55(22-18-29)20-16-27-7-6-19-56(25-27)33-11-5-10-31-38(33)43(63)58(42(31)62)34-14-15-37(59)52-41(34)61/h5,10-13,23-24,27,29-30,34H,3-4,6-9,14-22,25-26H2,1-2H3,(H,50,60)(H,49,51,53)(H,52,59,61). The average Bonchev–Trinajstić information content (AvgIpc) is 3.92. The number of alkyl halides is 2. The summed E-state index contributed by atoms with van der Waals surface area (Å²) in [7, 11) is 2.80. The van der Waals surface area contributed by atoms with Gasteiger partial charge in [-0.2, -0.15) is 13.8 Å². The molecule has 1 saturated carbocycles. The highest BCUT2D eigenvalue weighted by Crippen LogP contribution is 2.41. The fraction of sp³-hybridized carbons (Fsp3) is 0.522. The average molecular weight is 897 g/mol. The monoisotopic (exact) mass is 896 g/mol. The third-order valence-electron chi connectivity index (χ3n) is 13.9.